The number of aliphatic hydroxyl groups is 1. The van der Waals surface area contributed by atoms with Gasteiger partial charge in [-0.3, -0.25) is 4.90 Å². The molecule has 1 aromatic rings. The van der Waals surface area contributed by atoms with Crippen molar-refractivity contribution in [2.24, 2.45) is 0 Å². The van der Waals surface area contributed by atoms with Gasteiger partial charge in [0.05, 0.1) is 6.61 Å². The van der Waals surface area contributed by atoms with Crippen LogP contribution < -0.4 is 0 Å². The van der Waals surface area contributed by atoms with Crippen molar-refractivity contribution >= 4 is 15.9 Å². The van der Waals surface area contributed by atoms with Crippen molar-refractivity contribution in [3.63, 3.8) is 0 Å². The van der Waals surface area contributed by atoms with E-state index in [9.17, 15) is 4.39 Å². The predicted octanol–water partition coefficient (Wildman–Crippen LogP) is 2.57. The Hall–Kier alpha value is -0.710. The van der Waals surface area contributed by atoms with Crippen molar-refractivity contribution in [3.05, 3.63) is 46.7 Å². The highest BCUT2D eigenvalue weighted by Crippen LogP contribution is 2.19. The second kappa shape index (κ2) is 6.78. The molecule has 1 N–H and O–H groups in total. The van der Waals surface area contributed by atoms with Crippen LogP contribution in [-0.4, -0.2) is 29.7 Å². The zero-order chi connectivity index (χ0) is 12.0. The number of rotatable bonds is 6. The minimum Gasteiger partial charge on any atom is -0.395 e. The summed E-state index contributed by atoms with van der Waals surface area (Å²) >= 11 is 3.32. The van der Waals surface area contributed by atoms with E-state index in [4.69, 9.17) is 5.11 Å². The fourth-order valence-corrected chi connectivity index (χ4v) is 1.93. The molecular formula is C12H15BrFNO. The maximum Gasteiger partial charge on any atom is 0.124 e. The molecule has 0 fully saturated rings. The first-order chi connectivity index (χ1) is 7.67. The lowest BCUT2D eigenvalue weighted by atomic mass is 10.2. The van der Waals surface area contributed by atoms with E-state index in [-0.39, 0.29) is 12.4 Å². The topological polar surface area (TPSA) is 23.5 Å². The van der Waals surface area contributed by atoms with Crippen molar-refractivity contribution < 1.29 is 9.50 Å². The summed E-state index contributed by atoms with van der Waals surface area (Å²) in [6.07, 6.45) is 1.78. The standard InChI is InChI=1S/C12H15BrFNO/c1-2-5-15(6-7-16)9-10-3-4-11(14)8-12(10)13/h2-4,8,16H,1,5-7,9H2. The van der Waals surface area contributed by atoms with Gasteiger partial charge in [0.2, 0.25) is 0 Å². The van der Waals surface area contributed by atoms with E-state index in [0.717, 1.165) is 10.0 Å². The van der Waals surface area contributed by atoms with E-state index >= 15 is 0 Å². The highest BCUT2D eigenvalue weighted by atomic mass is 79.9. The van der Waals surface area contributed by atoms with Crippen molar-refractivity contribution in [1.29, 1.82) is 0 Å². The molecule has 0 atom stereocenters. The molecule has 0 amide bonds. The summed E-state index contributed by atoms with van der Waals surface area (Å²) in [5.74, 6) is -0.256. The van der Waals surface area contributed by atoms with Gasteiger partial charge in [-0.15, -0.1) is 6.58 Å². The molecule has 0 aliphatic rings. The fourth-order valence-electron chi connectivity index (χ4n) is 1.45. The van der Waals surface area contributed by atoms with Gasteiger partial charge in [-0.05, 0) is 17.7 Å². The number of halogens is 2. The highest BCUT2D eigenvalue weighted by molar-refractivity contribution is 9.10. The van der Waals surface area contributed by atoms with Crippen LogP contribution in [0.25, 0.3) is 0 Å². The number of benzene rings is 1. The lowest BCUT2D eigenvalue weighted by Gasteiger charge is -2.20. The molecule has 16 heavy (non-hydrogen) atoms. The van der Waals surface area contributed by atoms with Crippen LogP contribution in [0.3, 0.4) is 0 Å². The van der Waals surface area contributed by atoms with E-state index in [1.807, 2.05) is 4.90 Å². The smallest absolute Gasteiger partial charge is 0.124 e. The van der Waals surface area contributed by atoms with Crippen molar-refractivity contribution in [2.75, 3.05) is 19.7 Å². The second-order valence-corrected chi connectivity index (χ2v) is 4.34. The molecule has 0 saturated carbocycles. The van der Waals surface area contributed by atoms with Crippen molar-refractivity contribution in [3.8, 4) is 0 Å². The van der Waals surface area contributed by atoms with Gasteiger partial charge in [-0.2, -0.15) is 0 Å². The number of nitrogens with zero attached hydrogens (tertiary/aromatic N) is 1. The van der Waals surface area contributed by atoms with Crippen LogP contribution >= 0.6 is 15.9 Å². The van der Waals surface area contributed by atoms with E-state index in [0.29, 0.717) is 19.6 Å². The first kappa shape index (κ1) is 13.4. The predicted molar refractivity (Wildman–Crippen MR) is 66.7 cm³/mol. The van der Waals surface area contributed by atoms with E-state index < -0.39 is 0 Å². The molecule has 2 nitrogen and oxygen atoms in total. The Morgan fingerprint density at radius 1 is 1.50 bits per heavy atom. The maximum absolute atomic E-state index is 12.9. The summed E-state index contributed by atoms with van der Waals surface area (Å²) in [5.41, 5.74) is 0.997. The maximum atomic E-state index is 12.9. The molecular weight excluding hydrogens is 273 g/mol. The minimum atomic E-state index is -0.256. The first-order valence-corrected chi connectivity index (χ1v) is 5.84. The molecule has 0 heterocycles. The van der Waals surface area contributed by atoms with Crippen LogP contribution in [0.2, 0.25) is 0 Å². The Labute approximate surface area is 104 Å². The SMILES string of the molecule is C=CCN(CCO)Cc1ccc(F)cc1Br. The van der Waals surface area contributed by atoms with Crippen molar-refractivity contribution in [1.82, 2.24) is 4.90 Å². The molecule has 1 aromatic carbocycles. The minimum absolute atomic E-state index is 0.104. The quantitative estimate of drug-likeness (QED) is 0.813. The van der Waals surface area contributed by atoms with Gasteiger partial charge < -0.3 is 5.11 Å². The summed E-state index contributed by atoms with van der Waals surface area (Å²) in [5, 5.41) is 8.91. The Bertz CT molecular complexity index is 357. The summed E-state index contributed by atoms with van der Waals surface area (Å²) in [6.45, 7) is 5.71. The Balaban J connectivity index is 2.72. The average Bonchev–Trinajstić information content (AvgIpc) is 2.23. The average molecular weight is 288 g/mol. The Morgan fingerprint density at radius 2 is 2.25 bits per heavy atom. The molecule has 88 valence electrons. The van der Waals surface area contributed by atoms with Gasteiger partial charge in [0, 0.05) is 24.1 Å². The highest BCUT2D eigenvalue weighted by Gasteiger charge is 2.07. The van der Waals surface area contributed by atoms with Crippen molar-refractivity contribution in [2.45, 2.75) is 6.54 Å². The summed E-state index contributed by atoms with van der Waals surface area (Å²) in [4.78, 5) is 2.03. The third-order valence-electron chi connectivity index (χ3n) is 2.21. The van der Waals surface area contributed by atoms with Gasteiger partial charge in [0.25, 0.3) is 0 Å². The van der Waals surface area contributed by atoms with Crippen LogP contribution in [0.1, 0.15) is 5.56 Å². The molecule has 1 rings (SSSR count). The summed E-state index contributed by atoms with van der Waals surface area (Å²) in [7, 11) is 0. The van der Waals surface area contributed by atoms with E-state index in [2.05, 4.69) is 22.5 Å². The Kier molecular flexibility index (Phi) is 5.66. The molecule has 0 aliphatic carbocycles. The molecule has 0 unspecified atom stereocenters. The van der Waals surface area contributed by atoms with Gasteiger partial charge in [0.15, 0.2) is 0 Å². The normalized spacial score (nSPS) is 10.8. The lowest BCUT2D eigenvalue weighted by Crippen LogP contribution is -2.26. The molecule has 0 bridgehead atoms. The zero-order valence-electron chi connectivity index (χ0n) is 9.00. The van der Waals surface area contributed by atoms with Gasteiger partial charge >= 0.3 is 0 Å². The van der Waals surface area contributed by atoms with Crippen LogP contribution in [-0.2, 0) is 6.54 Å². The lowest BCUT2D eigenvalue weighted by molar-refractivity contribution is 0.203. The van der Waals surface area contributed by atoms with Gasteiger partial charge in [-0.25, -0.2) is 4.39 Å². The van der Waals surface area contributed by atoms with E-state index in [1.54, 1.807) is 12.1 Å². The first-order valence-electron chi connectivity index (χ1n) is 5.05. The largest absolute Gasteiger partial charge is 0.395 e. The molecule has 0 spiro atoms. The molecule has 0 saturated heterocycles. The second-order valence-electron chi connectivity index (χ2n) is 3.48. The van der Waals surface area contributed by atoms with E-state index in [1.165, 1.54) is 12.1 Å². The molecule has 0 aliphatic heterocycles. The molecule has 0 radical (unpaired) electrons. The number of hydrogen-bond donors (Lipinski definition) is 1. The number of aliphatic hydroxyl groups excluding tert-OH is 1. The van der Waals surface area contributed by atoms with Crippen LogP contribution in [0.4, 0.5) is 4.39 Å². The van der Waals surface area contributed by atoms with Gasteiger partial charge in [0.1, 0.15) is 5.82 Å². The molecule has 0 aromatic heterocycles. The third kappa shape index (κ3) is 4.04. The van der Waals surface area contributed by atoms with Crippen LogP contribution in [0.5, 0.6) is 0 Å². The number of hydrogen-bond acceptors (Lipinski definition) is 2. The summed E-state index contributed by atoms with van der Waals surface area (Å²) in [6, 6.07) is 4.62. The molecule has 4 heteroatoms. The monoisotopic (exact) mass is 287 g/mol. The third-order valence-corrected chi connectivity index (χ3v) is 2.95. The van der Waals surface area contributed by atoms with Gasteiger partial charge in [-0.1, -0.05) is 28.1 Å². The fraction of sp³-hybridized carbons (Fsp3) is 0.333. The van der Waals surface area contributed by atoms with Crippen LogP contribution in [0, 0.1) is 5.82 Å². The van der Waals surface area contributed by atoms with Crippen LogP contribution in [0.15, 0.2) is 35.3 Å². The Morgan fingerprint density at radius 3 is 2.81 bits per heavy atom. The summed E-state index contributed by atoms with van der Waals surface area (Å²) < 4.78 is 13.6. The zero-order valence-corrected chi connectivity index (χ0v) is 10.6.